The number of hydrogen-bond acceptors (Lipinski definition) is 5. The number of esters is 1. The second kappa shape index (κ2) is 7.18. The molecule has 0 heterocycles. The number of nitro benzene ring substituents is 1. The van der Waals surface area contributed by atoms with Gasteiger partial charge in [0.25, 0.3) is 11.6 Å². The molecule has 7 heteroatoms. The van der Waals surface area contributed by atoms with Gasteiger partial charge in [-0.2, -0.15) is 0 Å². The monoisotopic (exact) mass is 386 g/mol. The van der Waals surface area contributed by atoms with Crippen LogP contribution in [-0.4, -0.2) is 30.0 Å². The predicted molar refractivity (Wildman–Crippen MR) is 102 cm³/mol. The number of ether oxygens (including phenoxy) is 1. The van der Waals surface area contributed by atoms with Crippen LogP contribution >= 0.6 is 0 Å². The fraction of sp³-hybridized carbons (Fsp3) is 0.619. The molecular formula is C21H26N2O5. The van der Waals surface area contributed by atoms with Gasteiger partial charge >= 0.3 is 5.97 Å². The minimum absolute atomic E-state index is 0.0241. The molecule has 28 heavy (non-hydrogen) atoms. The molecule has 0 unspecified atom stereocenters. The third-order valence-electron chi connectivity index (χ3n) is 6.69. The summed E-state index contributed by atoms with van der Waals surface area (Å²) in [5.41, 5.74) is 0.0400. The zero-order valence-corrected chi connectivity index (χ0v) is 16.1. The Morgan fingerprint density at radius 1 is 1.11 bits per heavy atom. The molecule has 0 aromatic heterocycles. The minimum atomic E-state index is -0.665. The van der Waals surface area contributed by atoms with E-state index in [0.29, 0.717) is 6.54 Å². The lowest BCUT2D eigenvalue weighted by molar-refractivity contribution is -0.384. The summed E-state index contributed by atoms with van der Waals surface area (Å²) in [7, 11) is 0. The van der Waals surface area contributed by atoms with E-state index in [9.17, 15) is 19.7 Å². The number of benzene rings is 1. The van der Waals surface area contributed by atoms with Crippen LogP contribution < -0.4 is 5.32 Å². The first-order valence-corrected chi connectivity index (χ1v) is 10.1. The van der Waals surface area contributed by atoms with Crippen molar-refractivity contribution in [1.82, 2.24) is 5.32 Å². The first-order chi connectivity index (χ1) is 13.4. The second-order valence-corrected chi connectivity index (χ2v) is 8.85. The smallest absolute Gasteiger partial charge is 0.338 e. The summed E-state index contributed by atoms with van der Waals surface area (Å²) >= 11 is 0. The van der Waals surface area contributed by atoms with Crippen molar-refractivity contribution in [3.8, 4) is 0 Å². The number of nitro groups is 1. The molecule has 150 valence electrons. The van der Waals surface area contributed by atoms with Gasteiger partial charge in [0.2, 0.25) is 0 Å². The largest absolute Gasteiger partial charge is 0.462 e. The van der Waals surface area contributed by atoms with E-state index in [-0.39, 0.29) is 34.7 Å². The molecule has 0 atom stereocenters. The Kier molecular flexibility index (Phi) is 4.85. The maximum atomic E-state index is 12.8. The van der Waals surface area contributed by atoms with Gasteiger partial charge in [0.05, 0.1) is 17.1 Å². The number of nitrogens with zero attached hydrogens (tertiary/aromatic N) is 1. The molecule has 1 amide bonds. The molecule has 1 aromatic rings. The van der Waals surface area contributed by atoms with E-state index >= 15 is 0 Å². The summed E-state index contributed by atoms with van der Waals surface area (Å²) in [4.78, 5) is 35.4. The van der Waals surface area contributed by atoms with Gasteiger partial charge in [0.15, 0.2) is 0 Å². The SMILES string of the molecule is CCOC(=O)c1cc(C(=O)NCC23CC4CC(CC(C4)C2)C3)cc([N+](=O)[O-])c1. The van der Waals surface area contributed by atoms with Crippen LogP contribution in [0.1, 0.15) is 66.2 Å². The third kappa shape index (κ3) is 3.62. The highest BCUT2D eigenvalue weighted by molar-refractivity contribution is 5.99. The van der Waals surface area contributed by atoms with E-state index in [1.54, 1.807) is 6.92 Å². The second-order valence-electron chi connectivity index (χ2n) is 8.85. The minimum Gasteiger partial charge on any atom is -0.462 e. The highest BCUT2D eigenvalue weighted by atomic mass is 16.6. The van der Waals surface area contributed by atoms with E-state index in [0.717, 1.165) is 23.8 Å². The van der Waals surface area contributed by atoms with Gasteiger partial charge in [0.1, 0.15) is 0 Å². The van der Waals surface area contributed by atoms with Crippen LogP contribution in [0, 0.1) is 33.3 Å². The summed E-state index contributed by atoms with van der Waals surface area (Å²) in [6.45, 7) is 2.43. The Labute approximate surface area is 164 Å². The van der Waals surface area contributed by atoms with E-state index in [4.69, 9.17) is 4.74 Å². The van der Waals surface area contributed by atoms with Crippen LogP contribution in [0.4, 0.5) is 5.69 Å². The lowest BCUT2D eigenvalue weighted by Gasteiger charge is -2.56. The Morgan fingerprint density at radius 3 is 2.21 bits per heavy atom. The molecule has 1 aromatic carbocycles. The topological polar surface area (TPSA) is 98.5 Å². The van der Waals surface area contributed by atoms with Gasteiger partial charge in [-0.3, -0.25) is 14.9 Å². The lowest BCUT2D eigenvalue weighted by Crippen LogP contribution is -2.51. The van der Waals surface area contributed by atoms with Gasteiger partial charge in [-0.25, -0.2) is 4.79 Å². The third-order valence-corrected chi connectivity index (χ3v) is 6.69. The number of non-ortho nitro benzene ring substituents is 1. The Morgan fingerprint density at radius 2 is 1.68 bits per heavy atom. The zero-order chi connectivity index (χ0) is 19.9. The van der Waals surface area contributed by atoms with E-state index in [1.807, 2.05) is 0 Å². The fourth-order valence-electron chi connectivity index (χ4n) is 6.06. The van der Waals surface area contributed by atoms with Crippen LogP contribution in [0.15, 0.2) is 18.2 Å². The molecule has 7 nitrogen and oxygen atoms in total. The van der Waals surface area contributed by atoms with Gasteiger partial charge in [-0.15, -0.1) is 0 Å². The summed E-state index contributed by atoms with van der Waals surface area (Å²) in [6.07, 6.45) is 7.51. The number of carbonyl (C=O) groups is 2. The summed E-state index contributed by atoms with van der Waals surface area (Å²) < 4.78 is 4.93. The molecule has 4 fully saturated rings. The molecule has 4 saturated carbocycles. The predicted octanol–water partition coefficient (Wildman–Crippen LogP) is 3.72. The van der Waals surface area contributed by atoms with Crippen molar-refractivity contribution in [2.24, 2.45) is 23.2 Å². The Balaban J connectivity index is 1.50. The van der Waals surface area contributed by atoms with Crippen LogP contribution in [-0.2, 0) is 4.74 Å². The van der Waals surface area contributed by atoms with Crippen molar-refractivity contribution in [3.05, 3.63) is 39.4 Å². The number of amides is 1. The van der Waals surface area contributed by atoms with Crippen LogP contribution in [0.5, 0.6) is 0 Å². The van der Waals surface area contributed by atoms with Crippen molar-refractivity contribution in [2.45, 2.75) is 45.4 Å². The van der Waals surface area contributed by atoms with Gasteiger partial charge in [0, 0.05) is 24.2 Å². The number of carbonyl (C=O) groups excluding carboxylic acids is 2. The van der Waals surface area contributed by atoms with Crippen molar-refractivity contribution in [1.29, 1.82) is 0 Å². The lowest BCUT2D eigenvalue weighted by atomic mass is 9.49. The summed E-state index contributed by atoms with van der Waals surface area (Å²) in [5.74, 6) is 1.33. The quantitative estimate of drug-likeness (QED) is 0.456. The van der Waals surface area contributed by atoms with Crippen molar-refractivity contribution in [2.75, 3.05) is 13.2 Å². The van der Waals surface area contributed by atoms with Gasteiger partial charge in [-0.1, -0.05) is 0 Å². The van der Waals surface area contributed by atoms with Crippen molar-refractivity contribution < 1.29 is 19.2 Å². The molecule has 4 aliphatic carbocycles. The summed E-state index contributed by atoms with van der Waals surface area (Å²) in [5, 5.41) is 14.2. The Hall–Kier alpha value is -2.44. The van der Waals surface area contributed by atoms with Crippen LogP contribution in [0.2, 0.25) is 0 Å². The molecular weight excluding hydrogens is 360 g/mol. The molecule has 5 rings (SSSR count). The average Bonchev–Trinajstić information content (AvgIpc) is 2.65. The molecule has 4 bridgehead atoms. The van der Waals surface area contributed by atoms with Crippen molar-refractivity contribution in [3.63, 3.8) is 0 Å². The maximum Gasteiger partial charge on any atom is 0.338 e. The molecule has 1 N–H and O–H groups in total. The van der Waals surface area contributed by atoms with Gasteiger partial charge in [-0.05, 0) is 74.7 Å². The van der Waals surface area contributed by atoms with E-state index in [2.05, 4.69) is 5.32 Å². The zero-order valence-electron chi connectivity index (χ0n) is 16.1. The number of rotatable bonds is 6. The molecule has 0 aliphatic heterocycles. The number of nitrogens with one attached hydrogen (secondary N) is 1. The highest BCUT2D eigenvalue weighted by Gasteiger charge is 2.50. The van der Waals surface area contributed by atoms with Crippen molar-refractivity contribution >= 4 is 17.6 Å². The summed E-state index contributed by atoms with van der Waals surface area (Å²) in [6, 6.07) is 3.74. The van der Waals surface area contributed by atoms with Gasteiger partial charge < -0.3 is 10.1 Å². The molecule has 0 radical (unpaired) electrons. The highest BCUT2D eigenvalue weighted by Crippen LogP contribution is 2.59. The average molecular weight is 386 g/mol. The Bertz CT molecular complexity index is 784. The first kappa shape index (κ1) is 18.9. The standard InChI is InChI=1S/C21H26N2O5/c1-2-28-20(25)17-6-16(7-18(8-17)23(26)27)19(24)22-12-21-9-13-3-14(10-21)5-15(4-13)11-21/h6-8,13-15H,2-5,9-12H2,1H3,(H,22,24). The molecule has 0 saturated heterocycles. The van der Waals surface area contributed by atoms with E-state index in [1.165, 1.54) is 50.7 Å². The molecule has 4 aliphatic rings. The normalized spacial score (nSPS) is 30.1. The first-order valence-electron chi connectivity index (χ1n) is 10.1. The van der Waals surface area contributed by atoms with Crippen LogP contribution in [0.3, 0.4) is 0 Å². The maximum absolute atomic E-state index is 12.8. The fourth-order valence-corrected chi connectivity index (χ4v) is 6.06. The van der Waals surface area contributed by atoms with E-state index < -0.39 is 10.9 Å². The number of hydrogen-bond donors (Lipinski definition) is 1. The molecule has 0 spiro atoms. The van der Waals surface area contributed by atoms with Crippen LogP contribution in [0.25, 0.3) is 0 Å².